The Kier molecular flexibility index (Phi) is 12.8. The lowest BCUT2D eigenvalue weighted by Crippen LogP contribution is -2.58. The molecule has 0 aromatic carbocycles. The molecule has 5 atom stereocenters. The first-order valence-electron chi connectivity index (χ1n) is 9.95. The van der Waals surface area contributed by atoms with Gasteiger partial charge in [-0.1, -0.05) is 0 Å². The molecule has 34 heavy (non-hydrogen) atoms. The number of carboxylic acids is 3. The minimum Gasteiger partial charge on any atom is -0.481 e. The standard InChI is InChI=1S/C18H29N5O11/c1-7(24)14(18(33)34)23-17(32)10(3-5-12(26)27)22-16(31)9(2-4-11(20)25)21-15(30)8(19)6-13(28)29/h7-10,14,24H,2-6,19H2,1H3,(H2,20,25)(H,21,30)(H,22,31)(H,23,32)(H,26,27)(H,28,29)(H,33,34). The summed E-state index contributed by atoms with van der Waals surface area (Å²) < 4.78 is 0. The summed E-state index contributed by atoms with van der Waals surface area (Å²) in [6.45, 7) is 1.08. The summed E-state index contributed by atoms with van der Waals surface area (Å²) in [4.78, 5) is 81.3. The van der Waals surface area contributed by atoms with Crippen molar-refractivity contribution in [2.75, 3.05) is 0 Å². The third kappa shape index (κ3) is 11.7. The van der Waals surface area contributed by atoms with E-state index in [1.807, 2.05) is 5.32 Å². The third-order valence-electron chi connectivity index (χ3n) is 4.37. The minimum atomic E-state index is -1.77. The number of hydrogen-bond donors (Lipinski definition) is 9. The Morgan fingerprint density at radius 3 is 1.65 bits per heavy atom. The van der Waals surface area contributed by atoms with Crippen LogP contribution in [0.5, 0.6) is 0 Å². The molecular formula is C18H29N5O11. The van der Waals surface area contributed by atoms with Crippen LogP contribution in [0.15, 0.2) is 0 Å². The molecule has 0 fully saturated rings. The maximum Gasteiger partial charge on any atom is 0.328 e. The van der Waals surface area contributed by atoms with Crippen LogP contribution < -0.4 is 27.4 Å². The molecule has 0 heterocycles. The molecule has 0 bridgehead atoms. The van der Waals surface area contributed by atoms with E-state index < -0.39 is 97.5 Å². The van der Waals surface area contributed by atoms with E-state index >= 15 is 0 Å². The van der Waals surface area contributed by atoms with E-state index in [1.54, 1.807) is 0 Å². The summed E-state index contributed by atoms with van der Waals surface area (Å²) >= 11 is 0. The first-order chi connectivity index (χ1) is 15.6. The monoisotopic (exact) mass is 491 g/mol. The van der Waals surface area contributed by atoms with Gasteiger partial charge in [0.1, 0.15) is 12.1 Å². The van der Waals surface area contributed by atoms with Gasteiger partial charge in [0.2, 0.25) is 23.6 Å². The van der Waals surface area contributed by atoms with Crippen LogP contribution in [0, 0.1) is 0 Å². The Morgan fingerprint density at radius 2 is 1.24 bits per heavy atom. The van der Waals surface area contributed by atoms with E-state index in [-0.39, 0.29) is 6.42 Å². The Bertz CT molecular complexity index is 801. The molecule has 0 aromatic heterocycles. The zero-order chi connectivity index (χ0) is 26.6. The maximum absolute atomic E-state index is 12.7. The van der Waals surface area contributed by atoms with Crippen molar-refractivity contribution in [2.45, 2.75) is 69.3 Å². The summed E-state index contributed by atoms with van der Waals surface area (Å²) in [7, 11) is 0. The van der Waals surface area contributed by atoms with Crippen LogP contribution in [0.4, 0.5) is 0 Å². The van der Waals surface area contributed by atoms with Gasteiger partial charge in [0.25, 0.3) is 0 Å². The van der Waals surface area contributed by atoms with Crippen molar-refractivity contribution in [3.8, 4) is 0 Å². The van der Waals surface area contributed by atoms with E-state index in [0.717, 1.165) is 6.92 Å². The first kappa shape index (κ1) is 30.2. The van der Waals surface area contributed by atoms with Crippen molar-refractivity contribution < 1.29 is 54.0 Å². The molecule has 0 aliphatic heterocycles. The van der Waals surface area contributed by atoms with Crippen LogP contribution in [0.3, 0.4) is 0 Å². The number of aliphatic hydroxyl groups is 1. The van der Waals surface area contributed by atoms with E-state index in [1.165, 1.54) is 0 Å². The number of aliphatic hydroxyl groups excluding tert-OH is 1. The van der Waals surface area contributed by atoms with Crippen LogP contribution in [0.1, 0.15) is 39.0 Å². The highest BCUT2D eigenvalue weighted by atomic mass is 16.4. The summed E-state index contributed by atoms with van der Waals surface area (Å²) in [6, 6.07) is -6.44. The molecule has 11 N–H and O–H groups in total. The molecule has 192 valence electrons. The van der Waals surface area contributed by atoms with Gasteiger partial charge in [-0.15, -0.1) is 0 Å². The summed E-state index contributed by atoms with van der Waals surface area (Å²) in [5, 5.41) is 42.5. The lowest BCUT2D eigenvalue weighted by atomic mass is 10.1. The summed E-state index contributed by atoms with van der Waals surface area (Å²) in [5.74, 6) is -8.43. The maximum atomic E-state index is 12.7. The molecule has 16 nitrogen and oxygen atoms in total. The Hall–Kier alpha value is -3.79. The van der Waals surface area contributed by atoms with Crippen molar-refractivity contribution in [2.24, 2.45) is 11.5 Å². The second kappa shape index (κ2) is 14.4. The normalized spacial score (nSPS) is 15.0. The fourth-order valence-corrected chi connectivity index (χ4v) is 2.57. The molecule has 16 heteroatoms. The predicted molar refractivity (Wildman–Crippen MR) is 111 cm³/mol. The van der Waals surface area contributed by atoms with Gasteiger partial charge in [-0.3, -0.25) is 28.8 Å². The van der Waals surface area contributed by atoms with Crippen LogP contribution in [0.2, 0.25) is 0 Å². The average Bonchev–Trinajstić information content (AvgIpc) is 2.70. The van der Waals surface area contributed by atoms with Crippen molar-refractivity contribution in [1.82, 2.24) is 16.0 Å². The Morgan fingerprint density at radius 1 is 0.765 bits per heavy atom. The minimum absolute atomic E-state index is 0.370. The number of hydrogen-bond acceptors (Lipinski definition) is 9. The van der Waals surface area contributed by atoms with Gasteiger partial charge in [0.15, 0.2) is 6.04 Å². The highest BCUT2D eigenvalue weighted by Crippen LogP contribution is 2.05. The van der Waals surface area contributed by atoms with E-state index in [4.69, 9.17) is 26.8 Å². The number of nitrogens with two attached hydrogens (primary N) is 2. The largest absolute Gasteiger partial charge is 0.481 e. The molecule has 0 saturated heterocycles. The number of carboxylic acid groups (broad SMARTS) is 3. The van der Waals surface area contributed by atoms with Gasteiger partial charge < -0.3 is 47.8 Å². The highest BCUT2D eigenvalue weighted by molar-refractivity contribution is 5.95. The summed E-state index contributed by atoms with van der Waals surface area (Å²) in [5.41, 5.74) is 10.5. The fourth-order valence-electron chi connectivity index (χ4n) is 2.57. The number of amides is 4. The van der Waals surface area contributed by atoms with Crippen LogP contribution in [0.25, 0.3) is 0 Å². The van der Waals surface area contributed by atoms with Gasteiger partial charge in [0, 0.05) is 12.8 Å². The number of carbonyl (C=O) groups is 7. The van der Waals surface area contributed by atoms with Crippen LogP contribution in [-0.2, 0) is 33.6 Å². The molecule has 0 spiro atoms. The molecular weight excluding hydrogens is 462 g/mol. The molecule has 0 radical (unpaired) electrons. The number of primary amides is 1. The molecule has 0 saturated carbocycles. The molecule has 4 amide bonds. The van der Waals surface area contributed by atoms with Gasteiger partial charge in [-0.2, -0.15) is 0 Å². The smallest absolute Gasteiger partial charge is 0.328 e. The van der Waals surface area contributed by atoms with Crippen LogP contribution >= 0.6 is 0 Å². The van der Waals surface area contributed by atoms with Gasteiger partial charge >= 0.3 is 17.9 Å². The lowest BCUT2D eigenvalue weighted by molar-refractivity contribution is -0.145. The highest BCUT2D eigenvalue weighted by Gasteiger charge is 2.32. The molecule has 0 aliphatic rings. The van der Waals surface area contributed by atoms with Gasteiger partial charge in [0.05, 0.1) is 18.6 Å². The van der Waals surface area contributed by atoms with Gasteiger partial charge in [-0.05, 0) is 19.8 Å². The second-order valence-corrected chi connectivity index (χ2v) is 7.33. The first-order valence-corrected chi connectivity index (χ1v) is 9.95. The van der Waals surface area contributed by atoms with Crippen molar-refractivity contribution in [3.63, 3.8) is 0 Å². The van der Waals surface area contributed by atoms with Crippen molar-refractivity contribution in [1.29, 1.82) is 0 Å². The molecule has 0 rings (SSSR count). The number of carbonyl (C=O) groups excluding carboxylic acids is 4. The quantitative estimate of drug-likeness (QED) is 0.0993. The topological polar surface area (TPSA) is 289 Å². The third-order valence-corrected chi connectivity index (χ3v) is 4.37. The Labute approximate surface area is 193 Å². The number of aliphatic carboxylic acids is 3. The molecule has 5 unspecified atom stereocenters. The molecule has 0 aliphatic carbocycles. The Balaban J connectivity index is 5.64. The van der Waals surface area contributed by atoms with E-state index in [9.17, 15) is 38.7 Å². The van der Waals surface area contributed by atoms with E-state index in [0.29, 0.717) is 0 Å². The number of rotatable bonds is 16. The van der Waals surface area contributed by atoms with Crippen molar-refractivity contribution >= 4 is 41.5 Å². The molecule has 0 aromatic rings. The SMILES string of the molecule is CC(O)C(NC(=O)C(CCC(=O)O)NC(=O)C(CCC(N)=O)NC(=O)C(N)CC(=O)O)C(=O)O. The number of nitrogens with one attached hydrogen (secondary N) is 3. The van der Waals surface area contributed by atoms with Gasteiger partial charge in [-0.25, -0.2) is 4.79 Å². The van der Waals surface area contributed by atoms with Crippen molar-refractivity contribution in [3.05, 3.63) is 0 Å². The van der Waals surface area contributed by atoms with E-state index in [2.05, 4.69) is 10.6 Å². The predicted octanol–water partition coefficient (Wildman–Crippen LogP) is -4.16. The summed E-state index contributed by atoms with van der Waals surface area (Å²) in [6.07, 6.45) is -4.18. The fraction of sp³-hybridized carbons (Fsp3) is 0.611. The van der Waals surface area contributed by atoms with Crippen LogP contribution in [-0.4, -0.2) is 92.2 Å². The average molecular weight is 491 g/mol. The zero-order valence-electron chi connectivity index (χ0n) is 18.2. The second-order valence-electron chi connectivity index (χ2n) is 7.33. The zero-order valence-corrected chi connectivity index (χ0v) is 18.2. The lowest BCUT2D eigenvalue weighted by Gasteiger charge is -2.25.